The Kier molecular flexibility index (Phi) is 4.14. The lowest BCUT2D eigenvalue weighted by molar-refractivity contribution is -0.384. The number of furan rings is 1. The van der Waals surface area contributed by atoms with Crippen LogP contribution in [0.5, 0.6) is 5.75 Å². The SMILES string of the molecule is O=[N+]([O-])c1ccc(Cl)c(OCc2ccc(-c3nc4c5ccsc5ncn4n3)o2)c1. The topological polar surface area (TPSA) is 109 Å². The van der Waals surface area contributed by atoms with Crippen LogP contribution in [0.2, 0.25) is 5.02 Å². The lowest BCUT2D eigenvalue weighted by Gasteiger charge is -2.06. The number of hydrogen-bond donors (Lipinski definition) is 0. The fraction of sp³-hybridized carbons (Fsp3) is 0.0556. The molecule has 5 aromatic rings. The molecule has 0 aliphatic carbocycles. The molecule has 29 heavy (non-hydrogen) atoms. The largest absolute Gasteiger partial charge is 0.484 e. The molecule has 4 heterocycles. The third-order valence-corrected chi connectivity index (χ3v) is 5.31. The summed E-state index contributed by atoms with van der Waals surface area (Å²) in [4.78, 5) is 20.2. The summed E-state index contributed by atoms with van der Waals surface area (Å²) in [5, 5.41) is 18.5. The van der Waals surface area contributed by atoms with Gasteiger partial charge in [0.2, 0.25) is 5.82 Å². The van der Waals surface area contributed by atoms with Crippen molar-refractivity contribution in [2.75, 3.05) is 0 Å². The van der Waals surface area contributed by atoms with E-state index in [-0.39, 0.29) is 23.1 Å². The Morgan fingerprint density at radius 3 is 3.03 bits per heavy atom. The van der Waals surface area contributed by atoms with Crippen molar-refractivity contribution < 1.29 is 14.1 Å². The number of nitrogens with zero attached hydrogens (tertiary/aromatic N) is 5. The fourth-order valence-electron chi connectivity index (χ4n) is 2.81. The van der Waals surface area contributed by atoms with Gasteiger partial charge < -0.3 is 9.15 Å². The zero-order valence-electron chi connectivity index (χ0n) is 14.5. The summed E-state index contributed by atoms with van der Waals surface area (Å²) in [6, 6.07) is 9.42. The number of thiophene rings is 1. The summed E-state index contributed by atoms with van der Waals surface area (Å²) < 4.78 is 13.0. The first kappa shape index (κ1) is 17.6. The highest BCUT2D eigenvalue weighted by Crippen LogP contribution is 2.30. The highest BCUT2D eigenvalue weighted by molar-refractivity contribution is 7.16. The van der Waals surface area contributed by atoms with Crippen molar-refractivity contribution in [3.05, 3.63) is 69.0 Å². The summed E-state index contributed by atoms with van der Waals surface area (Å²) >= 11 is 7.58. The Labute approximate surface area is 171 Å². The van der Waals surface area contributed by atoms with Crippen LogP contribution in [0.3, 0.4) is 0 Å². The van der Waals surface area contributed by atoms with Crippen LogP contribution in [0.25, 0.3) is 27.4 Å². The molecule has 0 saturated heterocycles. The molecule has 0 radical (unpaired) electrons. The summed E-state index contributed by atoms with van der Waals surface area (Å²) in [6.45, 7) is 0.0462. The van der Waals surface area contributed by atoms with Crippen molar-refractivity contribution in [2.45, 2.75) is 6.61 Å². The molecule has 0 unspecified atom stereocenters. The van der Waals surface area contributed by atoms with E-state index < -0.39 is 4.92 Å². The van der Waals surface area contributed by atoms with Crippen LogP contribution in [0, 0.1) is 10.1 Å². The van der Waals surface area contributed by atoms with Crippen LogP contribution in [-0.2, 0) is 6.61 Å². The van der Waals surface area contributed by atoms with Crippen molar-refractivity contribution in [3.63, 3.8) is 0 Å². The normalized spacial score (nSPS) is 11.3. The standard InChI is InChI=1S/C18H10ClN5O4S/c19-13-3-1-10(24(25)26)7-15(13)27-8-11-2-4-14(28-11)16-21-17-12-5-6-29-18(12)20-9-23(17)22-16/h1-7,9H,8H2. The maximum atomic E-state index is 10.9. The van der Waals surface area contributed by atoms with Gasteiger partial charge in [-0.2, -0.15) is 0 Å². The van der Waals surface area contributed by atoms with Gasteiger partial charge in [-0.05, 0) is 29.6 Å². The monoisotopic (exact) mass is 427 g/mol. The molecule has 0 N–H and O–H groups in total. The van der Waals surface area contributed by atoms with E-state index in [1.807, 2.05) is 11.4 Å². The molecule has 0 amide bonds. The maximum absolute atomic E-state index is 10.9. The van der Waals surface area contributed by atoms with Gasteiger partial charge in [-0.3, -0.25) is 10.1 Å². The molecular formula is C18H10ClN5O4S. The van der Waals surface area contributed by atoms with Gasteiger partial charge >= 0.3 is 0 Å². The smallest absolute Gasteiger partial charge is 0.273 e. The van der Waals surface area contributed by atoms with E-state index in [0.717, 1.165) is 10.2 Å². The van der Waals surface area contributed by atoms with Crippen molar-refractivity contribution >= 4 is 44.5 Å². The zero-order valence-corrected chi connectivity index (χ0v) is 16.1. The first-order chi connectivity index (χ1) is 14.1. The Morgan fingerprint density at radius 2 is 2.17 bits per heavy atom. The van der Waals surface area contributed by atoms with E-state index in [1.54, 1.807) is 23.0 Å². The van der Waals surface area contributed by atoms with E-state index in [2.05, 4.69) is 15.1 Å². The number of halogens is 1. The average Bonchev–Trinajstić information content (AvgIpc) is 3.44. The van der Waals surface area contributed by atoms with Crippen LogP contribution in [0.1, 0.15) is 5.76 Å². The van der Waals surface area contributed by atoms with E-state index >= 15 is 0 Å². The van der Waals surface area contributed by atoms with Crippen LogP contribution in [0.15, 0.2) is 52.5 Å². The number of ether oxygens (including phenoxy) is 1. The lowest BCUT2D eigenvalue weighted by atomic mass is 10.3. The summed E-state index contributed by atoms with van der Waals surface area (Å²) in [5.74, 6) is 1.60. The maximum Gasteiger partial charge on any atom is 0.273 e. The van der Waals surface area contributed by atoms with Crippen LogP contribution in [-0.4, -0.2) is 24.5 Å². The van der Waals surface area contributed by atoms with E-state index in [9.17, 15) is 10.1 Å². The highest BCUT2D eigenvalue weighted by Gasteiger charge is 2.15. The number of non-ortho nitro benzene ring substituents is 1. The molecular weight excluding hydrogens is 418 g/mol. The highest BCUT2D eigenvalue weighted by atomic mass is 35.5. The molecule has 1 aromatic carbocycles. The molecule has 4 aromatic heterocycles. The summed E-state index contributed by atoms with van der Waals surface area (Å²) in [5.41, 5.74) is 0.593. The molecule has 11 heteroatoms. The lowest BCUT2D eigenvalue weighted by Crippen LogP contribution is -1.96. The van der Waals surface area contributed by atoms with Gasteiger partial charge in [-0.15, -0.1) is 16.4 Å². The zero-order chi connectivity index (χ0) is 20.0. The molecule has 9 nitrogen and oxygen atoms in total. The number of fused-ring (bicyclic) bond motifs is 3. The number of benzene rings is 1. The molecule has 0 atom stereocenters. The van der Waals surface area contributed by atoms with Gasteiger partial charge in [-0.1, -0.05) is 11.6 Å². The molecule has 5 rings (SSSR count). The second kappa shape index (κ2) is 6.83. The molecule has 0 aliphatic heterocycles. The number of nitro groups is 1. The Morgan fingerprint density at radius 1 is 1.28 bits per heavy atom. The number of hydrogen-bond acceptors (Lipinski definition) is 8. The van der Waals surface area contributed by atoms with E-state index in [0.29, 0.717) is 23.0 Å². The fourth-order valence-corrected chi connectivity index (χ4v) is 3.71. The number of nitro benzene ring substituents is 1. The van der Waals surface area contributed by atoms with Gasteiger partial charge in [0, 0.05) is 6.07 Å². The van der Waals surface area contributed by atoms with E-state index in [1.165, 1.54) is 29.5 Å². The second-order valence-electron chi connectivity index (χ2n) is 6.01. The van der Waals surface area contributed by atoms with Gasteiger partial charge in [-0.25, -0.2) is 14.5 Å². The van der Waals surface area contributed by atoms with Gasteiger partial charge in [0.15, 0.2) is 11.4 Å². The molecule has 0 bridgehead atoms. The minimum atomic E-state index is -0.511. The quantitative estimate of drug-likeness (QED) is 0.294. The summed E-state index contributed by atoms with van der Waals surface area (Å²) in [6.07, 6.45) is 1.61. The predicted octanol–water partition coefficient (Wildman–Crippen LogP) is 4.74. The Bertz CT molecular complexity index is 1380. The summed E-state index contributed by atoms with van der Waals surface area (Å²) in [7, 11) is 0. The molecule has 0 spiro atoms. The number of rotatable bonds is 5. The second-order valence-corrected chi connectivity index (χ2v) is 7.32. The first-order valence-electron chi connectivity index (χ1n) is 8.33. The Hall–Kier alpha value is -3.50. The average molecular weight is 428 g/mol. The van der Waals surface area contributed by atoms with Crippen molar-refractivity contribution in [2.24, 2.45) is 0 Å². The van der Waals surface area contributed by atoms with Crippen LogP contribution < -0.4 is 4.74 Å². The third-order valence-electron chi connectivity index (χ3n) is 4.18. The van der Waals surface area contributed by atoms with E-state index in [4.69, 9.17) is 20.8 Å². The van der Waals surface area contributed by atoms with Gasteiger partial charge in [0.1, 0.15) is 29.3 Å². The molecule has 144 valence electrons. The minimum absolute atomic E-state index is 0.0462. The minimum Gasteiger partial charge on any atom is -0.484 e. The van der Waals surface area contributed by atoms with Gasteiger partial charge in [0.25, 0.3) is 5.69 Å². The van der Waals surface area contributed by atoms with Crippen molar-refractivity contribution in [1.29, 1.82) is 0 Å². The predicted molar refractivity (Wildman–Crippen MR) is 106 cm³/mol. The van der Waals surface area contributed by atoms with Crippen LogP contribution in [0.4, 0.5) is 5.69 Å². The van der Waals surface area contributed by atoms with Crippen LogP contribution >= 0.6 is 22.9 Å². The third kappa shape index (κ3) is 3.18. The van der Waals surface area contributed by atoms with Crippen molar-refractivity contribution in [1.82, 2.24) is 19.6 Å². The molecule has 0 aliphatic rings. The molecule has 0 fully saturated rings. The number of aromatic nitrogens is 4. The van der Waals surface area contributed by atoms with Gasteiger partial charge in [0.05, 0.1) is 21.4 Å². The first-order valence-corrected chi connectivity index (χ1v) is 9.58. The Balaban J connectivity index is 1.39. The van der Waals surface area contributed by atoms with Crippen molar-refractivity contribution in [3.8, 4) is 17.3 Å². The molecule has 0 saturated carbocycles.